The van der Waals surface area contributed by atoms with E-state index in [9.17, 15) is 9.59 Å². The topological polar surface area (TPSA) is 116 Å². The van der Waals surface area contributed by atoms with Crippen LogP contribution < -0.4 is 16.1 Å². The van der Waals surface area contributed by atoms with Crippen molar-refractivity contribution in [3.63, 3.8) is 0 Å². The van der Waals surface area contributed by atoms with Gasteiger partial charge in [-0.1, -0.05) is 0 Å². The monoisotopic (exact) mass is 321 g/mol. The van der Waals surface area contributed by atoms with Gasteiger partial charge in [-0.3, -0.25) is 10.2 Å². The number of nitrogens with zero attached hydrogens (tertiary/aromatic N) is 2. The second kappa shape index (κ2) is 6.31. The van der Waals surface area contributed by atoms with Crippen LogP contribution in [0.1, 0.15) is 26.3 Å². The fraction of sp³-hybridized carbons (Fsp3) is 0.533. The van der Waals surface area contributed by atoms with Crippen LogP contribution in [-0.2, 0) is 4.74 Å². The Morgan fingerprint density at radius 3 is 2.43 bits per heavy atom. The molecule has 1 aromatic rings. The van der Waals surface area contributed by atoms with E-state index in [2.05, 4.69) is 4.98 Å². The lowest BCUT2D eigenvalue weighted by Crippen LogP contribution is -2.51. The van der Waals surface area contributed by atoms with Crippen molar-refractivity contribution in [2.24, 2.45) is 5.73 Å². The molecule has 2 heterocycles. The third-order valence-electron chi connectivity index (χ3n) is 3.45. The number of pyridine rings is 1. The Morgan fingerprint density at radius 2 is 1.91 bits per heavy atom. The molecule has 8 nitrogen and oxygen atoms in total. The van der Waals surface area contributed by atoms with E-state index in [1.807, 2.05) is 25.7 Å². The van der Waals surface area contributed by atoms with E-state index in [1.165, 1.54) is 12.3 Å². The second-order valence-corrected chi connectivity index (χ2v) is 6.43. The number of aromatic nitrogens is 1. The second-order valence-electron chi connectivity index (χ2n) is 6.43. The highest BCUT2D eigenvalue weighted by Crippen LogP contribution is 2.17. The summed E-state index contributed by atoms with van der Waals surface area (Å²) in [5, 5.41) is 7.59. The Morgan fingerprint density at radius 1 is 1.30 bits per heavy atom. The molecule has 1 saturated heterocycles. The van der Waals surface area contributed by atoms with E-state index < -0.39 is 5.60 Å². The molecule has 1 aromatic heterocycles. The van der Waals surface area contributed by atoms with E-state index in [1.54, 1.807) is 4.90 Å². The maximum atomic E-state index is 12.1. The van der Waals surface area contributed by atoms with Crippen molar-refractivity contribution >= 4 is 17.7 Å². The van der Waals surface area contributed by atoms with Crippen LogP contribution in [0.15, 0.2) is 17.1 Å². The fourth-order valence-electron chi connectivity index (χ4n) is 2.42. The van der Waals surface area contributed by atoms with E-state index >= 15 is 0 Å². The maximum Gasteiger partial charge on any atom is 0.410 e. The lowest BCUT2D eigenvalue weighted by Gasteiger charge is -2.36. The van der Waals surface area contributed by atoms with Crippen LogP contribution in [0.5, 0.6) is 0 Å². The first-order valence-corrected chi connectivity index (χ1v) is 7.48. The zero-order valence-corrected chi connectivity index (χ0v) is 13.7. The molecule has 0 bridgehead atoms. The van der Waals surface area contributed by atoms with Gasteiger partial charge in [-0.05, 0) is 20.8 Å². The number of nitrogens with one attached hydrogen (secondary N) is 2. The zero-order chi connectivity index (χ0) is 17.2. The number of ether oxygens (including phenoxy) is 1. The van der Waals surface area contributed by atoms with Gasteiger partial charge in [-0.15, -0.1) is 0 Å². The molecule has 1 aliphatic rings. The van der Waals surface area contributed by atoms with Gasteiger partial charge in [0, 0.05) is 38.4 Å². The summed E-state index contributed by atoms with van der Waals surface area (Å²) < 4.78 is 5.36. The van der Waals surface area contributed by atoms with E-state index in [-0.39, 0.29) is 22.9 Å². The van der Waals surface area contributed by atoms with Crippen molar-refractivity contribution in [2.45, 2.75) is 26.4 Å². The third-order valence-corrected chi connectivity index (χ3v) is 3.45. The molecule has 0 aliphatic carbocycles. The normalized spacial score (nSPS) is 15.4. The van der Waals surface area contributed by atoms with Crippen molar-refractivity contribution in [3.05, 3.63) is 28.0 Å². The van der Waals surface area contributed by atoms with Gasteiger partial charge in [0.2, 0.25) is 0 Å². The van der Waals surface area contributed by atoms with Crippen LogP contribution in [-0.4, -0.2) is 53.6 Å². The lowest BCUT2D eigenvalue weighted by atomic mass is 10.2. The Labute approximate surface area is 134 Å². The molecule has 0 atom stereocenters. The van der Waals surface area contributed by atoms with E-state index in [0.717, 1.165) is 0 Å². The predicted octanol–water partition coefficient (Wildman–Crippen LogP) is 0.716. The number of hydrogen-bond acceptors (Lipinski definition) is 5. The predicted molar refractivity (Wildman–Crippen MR) is 88.1 cm³/mol. The van der Waals surface area contributed by atoms with Gasteiger partial charge in [-0.25, -0.2) is 4.79 Å². The number of anilines is 1. The van der Waals surface area contributed by atoms with Crippen molar-refractivity contribution in [2.75, 3.05) is 31.1 Å². The molecule has 1 fully saturated rings. The Balaban J connectivity index is 2.09. The van der Waals surface area contributed by atoms with Gasteiger partial charge in [0.25, 0.3) is 0 Å². The molecular formula is C15H23N5O3. The first-order chi connectivity index (χ1) is 10.7. The average molecular weight is 321 g/mol. The number of H-pyrrole nitrogens is 1. The molecule has 0 saturated carbocycles. The first kappa shape index (κ1) is 16.9. The Kier molecular flexibility index (Phi) is 4.63. The quantitative estimate of drug-likeness (QED) is 0.548. The smallest absolute Gasteiger partial charge is 0.410 e. The van der Waals surface area contributed by atoms with Crippen molar-refractivity contribution in [3.8, 4) is 0 Å². The number of amides is 1. The van der Waals surface area contributed by atoms with Crippen LogP contribution in [0.3, 0.4) is 0 Å². The molecule has 4 N–H and O–H groups in total. The summed E-state index contributed by atoms with van der Waals surface area (Å²) in [4.78, 5) is 30.5. The largest absolute Gasteiger partial charge is 0.444 e. The van der Waals surface area contributed by atoms with Crippen LogP contribution >= 0.6 is 0 Å². The standard InChI is InChI=1S/C15H23N5O3/c1-15(2,3)23-14(22)20-8-6-19(7-9-20)13-11(12(16)17)10(21)4-5-18-13/h4-5H,6-9H2,1-3H3,(H3,16,17)(H,18,21). The van der Waals surface area contributed by atoms with Crippen LogP contribution in [0, 0.1) is 5.41 Å². The van der Waals surface area contributed by atoms with E-state index in [0.29, 0.717) is 32.0 Å². The Hall–Kier alpha value is -2.51. The summed E-state index contributed by atoms with van der Waals surface area (Å²) in [7, 11) is 0. The molecule has 0 unspecified atom stereocenters. The van der Waals surface area contributed by atoms with Crippen molar-refractivity contribution < 1.29 is 9.53 Å². The van der Waals surface area contributed by atoms with Gasteiger partial charge in [0.05, 0.1) is 0 Å². The minimum Gasteiger partial charge on any atom is -0.444 e. The number of amidine groups is 1. The number of hydrogen-bond donors (Lipinski definition) is 3. The van der Waals surface area contributed by atoms with Gasteiger partial charge in [0.15, 0.2) is 5.43 Å². The van der Waals surface area contributed by atoms with Crippen molar-refractivity contribution in [1.82, 2.24) is 9.88 Å². The molecular weight excluding hydrogens is 298 g/mol. The minimum absolute atomic E-state index is 0.165. The minimum atomic E-state index is -0.527. The van der Waals surface area contributed by atoms with Gasteiger partial charge in [0.1, 0.15) is 22.8 Å². The fourth-order valence-corrected chi connectivity index (χ4v) is 2.42. The van der Waals surface area contributed by atoms with Crippen LogP contribution in [0.4, 0.5) is 10.6 Å². The lowest BCUT2D eigenvalue weighted by molar-refractivity contribution is 0.0240. The highest BCUT2D eigenvalue weighted by Gasteiger charge is 2.27. The molecule has 0 spiro atoms. The summed E-state index contributed by atoms with van der Waals surface area (Å²) >= 11 is 0. The molecule has 2 rings (SSSR count). The summed E-state index contributed by atoms with van der Waals surface area (Å²) in [6, 6.07) is 1.34. The molecule has 23 heavy (non-hydrogen) atoms. The zero-order valence-electron chi connectivity index (χ0n) is 13.7. The number of nitrogens with two attached hydrogens (primary N) is 1. The van der Waals surface area contributed by atoms with Crippen LogP contribution in [0.25, 0.3) is 0 Å². The molecule has 1 aliphatic heterocycles. The summed E-state index contributed by atoms with van der Waals surface area (Å²) in [6.07, 6.45) is 1.19. The number of rotatable bonds is 2. The first-order valence-electron chi connectivity index (χ1n) is 7.48. The number of nitrogen functional groups attached to an aromatic ring is 1. The summed E-state index contributed by atoms with van der Waals surface area (Å²) in [5.41, 5.74) is 4.87. The maximum absolute atomic E-state index is 12.1. The number of carbonyl (C=O) groups excluding carboxylic acids is 1. The highest BCUT2D eigenvalue weighted by atomic mass is 16.6. The van der Waals surface area contributed by atoms with Crippen LogP contribution in [0.2, 0.25) is 0 Å². The Bertz CT molecular complexity index is 654. The highest BCUT2D eigenvalue weighted by molar-refractivity contribution is 5.99. The number of aromatic amines is 1. The average Bonchev–Trinajstić information content (AvgIpc) is 2.45. The molecule has 126 valence electrons. The number of piperazine rings is 1. The summed E-state index contributed by atoms with van der Waals surface area (Å²) in [6.45, 7) is 7.49. The SMILES string of the molecule is CC(C)(C)OC(=O)N1CCN(c2[nH]ccc(=O)c2C(=N)N)CC1. The molecule has 8 heteroatoms. The summed E-state index contributed by atoms with van der Waals surface area (Å²) in [5.74, 6) is 0.255. The third kappa shape index (κ3) is 4.02. The van der Waals surface area contributed by atoms with E-state index in [4.69, 9.17) is 15.9 Å². The van der Waals surface area contributed by atoms with Crippen molar-refractivity contribution in [1.29, 1.82) is 5.41 Å². The number of carbonyl (C=O) groups is 1. The van der Waals surface area contributed by atoms with Gasteiger partial charge in [-0.2, -0.15) is 0 Å². The van der Waals surface area contributed by atoms with Gasteiger partial charge >= 0.3 is 6.09 Å². The molecule has 1 amide bonds. The molecule has 0 radical (unpaired) electrons. The van der Waals surface area contributed by atoms with Gasteiger partial charge < -0.3 is 25.3 Å². The molecule has 0 aromatic carbocycles.